The zero-order valence-corrected chi connectivity index (χ0v) is 14.4. The van der Waals surface area contributed by atoms with Gasteiger partial charge in [0.1, 0.15) is 0 Å². The van der Waals surface area contributed by atoms with E-state index < -0.39 is 0 Å². The van der Waals surface area contributed by atoms with Gasteiger partial charge >= 0.3 is 0 Å². The molecule has 0 aromatic rings. The summed E-state index contributed by atoms with van der Waals surface area (Å²) in [5.41, 5.74) is 0.466. The second kappa shape index (κ2) is 7.77. The van der Waals surface area contributed by atoms with Crippen molar-refractivity contribution < 1.29 is 9.47 Å². The Labute approximate surface area is 125 Å². The van der Waals surface area contributed by atoms with Crippen molar-refractivity contribution >= 4 is 0 Å². The van der Waals surface area contributed by atoms with Gasteiger partial charge in [-0.3, -0.25) is 0 Å². The van der Waals surface area contributed by atoms with Crippen LogP contribution in [-0.4, -0.2) is 39.0 Å². The summed E-state index contributed by atoms with van der Waals surface area (Å²) in [4.78, 5) is 0. The molecule has 0 spiro atoms. The Morgan fingerprint density at radius 1 is 1.10 bits per heavy atom. The van der Waals surface area contributed by atoms with Crippen LogP contribution in [0, 0.1) is 11.3 Å². The number of hydrogen-bond donors (Lipinski definition) is 1. The van der Waals surface area contributed by atoms with Gasteiger partial charge in [0.15, 0.2) is 0 Å². The minimum Gasteiger partial charge on any atom is -0.385 e. The van der Waals surface area contributed by atoms with E-state index in [0.717, 1.165) is 32.4 Å². The van der Waals surface area contributed by atoms with Crippen LogP contribution in [-0.2, 0) is 9.47 Å². The molecule has 1 N–H and O–H groups in total. The van der Waals surface area contributed by atoms with Gasteiger partial charge < -0.3 is 14.8 Å². The Bertz CT molecular complexity index is 268. The van der Waals surface area contributed by atoms with E-state index in [9.17, 15) is 0 Å². The second-order valence-electron chi connectivity index (χ2n) is 7.23. The van der Waals surface area contributed by atoms with Gasteiger partial charge in [-0.05, 0) is 50.0 Å². The molecule has 1 aliphatic rings. The zero-order chi connectivity index (χ0) is 15.2. The van der Waals surface area contributed by atoms with Crippen molar-refractivity contribution in [1.82, 2.24) is 5.32 Å². The van der Waals surface area contributed by atoms with E-state index in [2.05, 4.69) is 33.0 Å². The first-order valence-electron chi connectivity index (χ1n) is 8.18. The third kappa shape index (κ3) is 4.44. The van der Waals surface area contributed by atoms with Gasteiger partial charge in [-0.15, -0.1) is 0 Å². The molecule has 120 valence electrons. The molecule has 1 fully saturated rings. The molecule has 20 heavy (non-hydrogen) atoms. The smallest absolute Gasteiger partial charge is 0.0833 e. The summed E-state index contributed by atoms with van der Waals surface area (Å²) in [6.07, 6.45) is 5.90. The Balaban J connectivity index is 2.80. The Kier molecular flexibility index (Phi) is 6.96. The first kappa shape index (κ1) is 17.9. The fourth-order valence-electron chi connectivity index (χ4n) is 3.59. The molecular weight excluding hydrogens is 250 g/mol. The molecule has 0 saturated heterocycles. The first-order valence-corrected chi connectivity index (χ1v) is 8.18. The minimum absolute atomic E-state index is 0.00130. The molecule has 2 unspecified atom stereocenters. The third-order valence-electron chi connectivity index (χ3n) is 5.19. The molecule has 2 atom stereocenters. The predicted molar refractivity (Wildman–Crippen MR) is 85.1 cm³/mol. The molecule has 0 aliphatic heterocycles. The number of methoxy groups -OCH3 is 2. The number of hydrogen-bond acceptors (Lipinski definition) is 3. The van der Waals surface area contributed by atoms with Crippen LogP contribution in [0.1, 0.15) is 59.8 Å². The van der Waals surface area contributed by atoms with Gasteiger partial charge in [-0.2, -0.15) is 0 Å². The maximum Gasteiger partial charge on any atom is 0.0833 e. The van der Waals surface area contributed by atoms with Crippen LogP contribution in [0.3, 0.4) is 0 Å². The second-order valence-corrected chi connectivity index (χ2v) is 7.23. The van der Waals surface area contributed by atoms with E-state index in [0.29, 0.717) is 17.4 Å². The highest BCUT2D eigenvalue weighted by molar-refractivity contribution is 5.00. The lowest BCUT2D eigenvalue weighted by Crippen LogP contribution is -2.57. The normalized spacial score (nSPS) is 24.3. The van der Waals surface area contributed by atoms with E-state index in [4.69, 9.17) is 9.47 Å². The monoisotopic (exact) mass is 285 g/mol. The van der Waals surface area contributed by atoms with Crippen LogP contribution in [0.2, 0.25) is 0 Å². The summed E-state index contributed by atoms with van der Waals surface area (Å²) >= 11 is 0. The van der Waals surface area contributed by atoms with Crippen LogP contribution >= 0.6 is 0 Å². The molecule has 0 heterocycles. The summed E-state index contributed by atoms with van der Waals surface area (Å²) in [5, 5.41) is 3.70. The van der Waals surface area contributed by atoms with Gasteiger partial charge in [-0.1, -0.05) is 27.7 Å². The number of likely N-dealkylation sites (N-methyl/N-ethyl adjacent to an activating group) is 1. The fourth-order valence-corrected chi connectivity index (χ4v) is 3.59. The molecule has 3 heteroatoms. The number of nitrogens with one attached hydrogen (secondary N) is 1. The Morgan fingerprint density at radius 3 is 2.15 bits per heavy atom. The highest BCUT2D eigenvalue weighted by Gasteiger charge is 2.45. The van der Waals surface area contributed by atoms with Gasteiger partial charge in [0, 0.05) is 26.9 Å². The van der Waals surface area contributed by atoms with Crippen LogP contribution in [0.4, 0.5) is 0 Å². The standard InChI is InChI=1S/C17H35NO2/c1-7-18-15(14(2)8-13-19-5)17(20-6)11-9-16(3,4)10-12-17/h14-15,18H,7-13H2,1-6H3. The third-order valence-corrected chi connectivity index (χ3v) is 5.19. The minimum atomic E-state index is -0.00130. The van der Waals surface area contributed by atoms with Crippen molar-refractivity contribution in [3.05, 3.63) is 0 Å². The molecule has 0 aromatic carbocycles. The van der Waals surface area contributed by atoms with Crippen LogP contribution in [0.25, 0.3) is 0 Å². The lowest BCUT2D eigenvalue weighted by atomic mass is 9.66. The molecule has 1 saturated carbocycles. The summed E-state index contributed by atoms with van der Waals surface area (Å²) in [5.74, 6) is 0.566. The maximum atomic E-state index is 6.08. The van der Waals surface area contributed by atoms with Crippen LogP contribution < -0.4 is 5.32 Å². The van der Waals surface area contributed by atoms with Crippen molar-refractivity contribution in [3.8, 4) is 0 Å². The lowest BCUT2D eigenvalue weighted by Gasteiger charge is -2.49. The van der Waals surface area contributed by atoms with Crippen molar-refractivity contribution in [2.45, 2.75) is 71.4 Å². The zero-order valence-electron chi connectivity index (χ0n) is 14.4. The fraction of sp³-hybridized carbons (Fsp3) is 1.00. The Morgan fingerprint density at radius 2 is 1.70 bits per heavy atom. The average molecular weight is 285 g/mol. The maximum absolute atomic E-state index is 6.08. The molecule has 0 bridgehead atoms. The van der Waals surface area contributed by atoms with E-state index in [1.165, 1.54) is 12.8 Å². The van der Waals surface area contributed by atoms with Crippen molar-refractivity contribution in [2.75, 3.05) is 27.4 Å². The summed E-state index contributed by atoms with van der Waals surface area (Å²) < 4.78 is 11.3. The molecular formula is C17H35NO2. The van der Waals surface area contributed by atoms with Gasteiger partial charge in [0.2, 0.25) is 0 Å². The number of ether oxygens (including phenoxy) is 2. The SMILES string of the molecule is CCNC(C(C)CCOC)C1(OC)CCC(C)(C)CC1. The van der Waals surface area contributed by atoms with E-state index >= 15 is 0 Å². The average Bonchev–Trinajstić information content (AvgIpc) is 2.43. The van der Waals surface area contributed by atoms with Gasteiger partial charge in [-0.25, -0.2) is 0 Å². The van der Waals surface area contributed by atoms with Crippen LogP contribution in [0.5, 0.6) is 0 Å². The Hall–Kier alpha value is -0.120. The quantitative estimate of drug-likeness (QED) is 0.739. The molecule has 0 aromatic heterocycles. The first-order chi connectivity index (χ1) is 9.40. The largest absolute Gasteiger partial charge is 0.385 e. The highest BCUT2D eigenvalue weighted by atomic mass is 16.5. The molecule has 3 nitrogen and oxygen atoms in total. The summed E-state index contributed by atoms with van der Waals surface area (Å²) in [7, 11) is 3.68. The summed E-state index contributed by atoms with van der Waals surface area (Å²) in [6, 6.07) is 0.420. The van der Waals surface area contributed by atoms with Crippen molar-refractivity contribution in [2.24, 2.45) is 11.3 Å². The van der Waals surface area contributed by atoms with E-state index in [1.807, 2.05) is 7.11 Å². The van der Waals surface area contributed by atoms with Gasteiger partial charge in [0.25, 0.3) is 0 Å². The van der Waals surface area contributed by atoms with Gasteiger partial charge in [0.05, 0.1) is 5.60 Å². The van der Waals surface area contributed by atoms with E-state index in [1.54, 1.807) is 7.11 Å². The number of rotatable bonds is 8. The van der Waals surface area contributed by atoms with Crippen LogP contribution in [0.15, 0.2) is 0 Å². The molecule has 1 aliphatic carbocycles. The molecule has 0 radical (unpaired) electrons. The highest BCUT2D eigenvalue weighted by Crippen LogP contribution is 2.44. The van der Waals surface area contributed by atoms with E-state index in [-0.39, 0.29) is 5.60 Å². The lowest BCUT2D eigenvalue weighted by molar-refractivity contribution is -0.0987. The van der Waals surface area contributed by atoms with Crippen molar-refractivity contribution in [3.63, 3.8) is 0 Å². The predicted octanol–water partition coefficient (Wildman–Crippen LogP) is 3.62. The van der Waals surface area contributed by atoms with Crippen molar-refractivity contribution in [1.29, 1.82) is 0 Å². The molecule has 1 rings (SSSR count). The summed E-state index contributed by atoms with van der Waals surface area (Å²) in [6.45, 7) is 11.1. The molecule has 0 amide bonds. The topological polar surface area (TPSA) is 30.5 Å².